The summed E-state index contributed by atoms with van der Waals surface area (Å²) in [7, 11) is 1.94. The second-order valence-electron chi connectivity index (χ2n) is 10.1. The predicted molar refractivity (Wildman–Crippen MR) is 112 cm³/mol. The molecule has 1 aromatic rings. The number of esters is 2. The number of carbonyl (C=O) groups is 2. The fourth-order valence-corrected chi connectivity index (χ4v) is 8.47. The van der Waals surface area contributed by atoms with Crippen LogP contribution in [0.5, 0.6) is 0 Å². The molecule has 7 heteroatoms. The SMILES string of the molecule is CC[C@@H]1[C@H]2C[C@H]3N([C@@H]4CC5(c6ccccc6N(C)[C@@]35O)[C@@H](OC(C)=O)[C@H]24)[C@H]1OC(C)=O. The molecule has 1 N–H and O–H groups in total. The zero-order valence-corrected chi connectivity index (χ0v) is 18.4. The number of fused-ring (bicyclic) bond motifs is 2. The molecule has 5 heterocycles. The molecule has 0 amide bonds. The summed E-state index contributed by atoms with van der Waals surface area (Å²) in [4.78, 5) is 28.6. The average Bonchev–Trinajstić information content (AvgIpc) is 3.12. The molecule has 0 radical (unpaired) electrons. The van der Waals surface area contributed by atoms with Crippen molar-refractivity contribution < 1.29 is 24.2 Å². The lowest BCUT2D eigenvalue weighted by atomic mass is 9.61. The number of rotatable bonds is 3. The molecular formula is C24H30N2O5. The average molecular weight is 427 g/mol. The van der Waals surface area contributed by atoms with Crippen molar-refractivity contribution in [3.8, 4) is 0 Å². The van der Waals surface area contributed by atoms with E-state index >= 15 is 0 Å². The zero-order valence-electron chi connectivity index (χ0n) is 18.4. The quantitative estimate of drug-likeness (QED) is 0.741. The van der Waals surface area contributed by atoms with Gasteiger partial charge in [0.15, 0.2) is 12.0 Å². The Kier molecular flexibility index (Phi) is 3.79. The van der Waals surface area contributed by atoms with Crippen molar-refractivity contribution in [2.24, 2.45) is 17.8 Å². The van der Waals surface area contributed by atoms with E-state index in [9.17, 15) is 14.7 Å². The minimum atomic E-state index is -1.24. The van der Waals surface area contributed by atoms with Crippen molar-refractivity contribution in [2.45, 2.75) is 75.6 Å². The highest BCUT2D eigenvalue weighted by atomic mass is 16.6. The summed E-state index contributed by atoms with van der Waals surface area (Å²) < 4.78 is 12.0. The van der Waals surface area contributed by atoms with Gasteiger partial charge in [-0.3, -0.25) is 14.5 Å². The molecular weight excluding hydrogens is 396 g/mol. The third-order valence-electron chi connectivity index (χ3n) is 9.18. The van der Waals surface area contributed by atoms with Gasteiger partial charge in [0, 0.05) is 44.5 Å². The normalized spacial score (nSPS) is 47.8. The van der Waals surface area contributed by atoms with Crippen LogP contribution in [-0.2, 0) is 24.5 Å². The molecule has 5 bridgehead atoms. The Morgan fingerprint density at radius 1 is 1.19 bits per heavy atom. The maximum Gasteiger partial charge on any atom is 0.304 e. The van der Waals surface area contributed by atoms with Crippen molar-refractivity contribution in [1.29, 1.82) is 0 Å². The summed E-state index contributed by atoms with van der Waals surface area (Å²) in [5.74, 6) is -0.0840. The maximum absolute atomic E-state index is 12.6. The fraction of sp³-hybridized carbons (Fsp3) is 0.667. The Morgan fingerprint density at radius 3 is 2.58 bits per heavy atom. The fourth-order valence-electron chi connectivity index (χ4n) is 8.47. The molecule has 1 saturated carbocycles. The van der Waals surface area contributed by atoms with Crippen molar-refractivity contribution in [3.63, 3.8) is 0 Å². The van der Waals surface area contributed by atoms with Gasteiger partial charge in [-0.05, 0) is 36.8 Å². The molecule has 1 aliphatic carbocycles. The third kappa shape index (κ3) is 1.99. The lowest BCUT2D eigenvalue weighted by molar-refractivity contribution is -0.257. The van der Waals surface area contributed by atoms with Gasteiger partial charge in [-0.25, -0.2) is 0 Å². The van der Waals surface area contributed by atoms with Gasteiger partial charge in [0.05, 0.1) is 11.5 Å². The highest BCUT2D eigenvalue weighted by molar-refractivity contribution is 5.71. The van der Waals surface area contributed by atoms with Crippen LogP contribution in [0, 0.1) is 17.8 Å². The molecule has 166 valence electrons. The predicted octanol–water partition coefficient (Wildman–Crippen LogP) is 2.02. The van der Waals surface area contributed by atoms with Crippen molar-refractivity contribution in [2.75, 3.05) is 11.9 Å². The highest BCUT2D eigenvalue weighted by Crippen LogP contribution is 2.72. The Bertz CT molecular complexity index is 982. The number of hydrogen-bond acceptors (Lipinski definition) is 7. The van der Waals surface area contributed by atoms with Crippen molar-refractivity contribution in [1.82, 2.24) is 4.90 Å². The summed E-state index contributed by atoms with van der Waals surface area (Å²) in [6, 6.07) is 8.04. The first kappa shape index (κ1) is 19.6. The van der Waals surface area contributed by atoms with E-state index in [0.717, 1.165) is 24.1 Å². The molecule has 1 spiro atoms. The first-order valence-electron chi connectivity index (χ1n) is 11.4. The summed E-state index contributed by atoms with van der Waals surface area (Å²) in [6.45, 7) is 5.06. The number of hydrogen-bond donors (Lipinski definition) is 1. The van der Waals surface area contributed by atoms with Crippen LogP contribution in [0.25, 0.3) is 0 Å². The lowest BCUT2D eigenvalue weighted by Gasteiger charge is -2.65. The number of likely N-dealkylation sites (N-methyl/N-ethyl adjacent to an activating group) is 1. The number of nitrogens with zero attached hydrogens (tertiary/aromatic N) is 2. The molecule has 31 heavy (non-hydrogen) atoms. The van der Waals surface area contributed by atoms with Gasteiger partial charge in [0.2, 0.25) is 0 Å². The van der Waals surface area contributed by atoms with E-state index < -0.39 is 17.2 Å². The summed E-state index contributed by atoms with van der Waals surface area (Å²) in [6.07, 6.45) is 1.63. The zero-order chi connectivity index (χ0) is 21.9. The molecule has 10 atom stereocenters. The molecule has 2 unspecified atom stereocenters. The van der Waals surface area contributed by atoms with Gasteiger partial charge in [0.25, 0.3) is 0 Å². The van der Waals surface area contributed by atoms with Crippen LogP contribution in [0.1, 0.15) is 45.6 Å². The van der Waals surface area contributed by atoms with E-state index in [1.807, 2.05) is 30.1 Å². The number of para-hydroxylation sites is 1. The van der Waals surface area contributed by atoms with Crippen LogP contribution in [0.4, 0.5) is 5.69 Å². The van der Waals surface area contributed by atoms with Gasteiger partial charge >= 0.3 is 11.9 Å². The van der Waals surface area contributed by atoms with Gasteiger partial charge in [-0.1, -0.05) is 25.1 Å². The molecule has 5 fully saturated rings. The van der Waals surface area contributed by atoms with Crippen LogP contribution < -0.4 is 4.90 Å². The second kappa shape index (κ2) is 6.01. The molecule has 1 aromatic carbocycles. The topological polar surface area (TPSA) is 79.3 Å². The summed E-state index contributed by atoms with van der Waals surface area (Å²) in [5, 5.41) is 12.6. The van der Waals surface area contributed by atoms with Crippen LogP contribution >= 0.6 is 0 Å². The van der Waals surface area contributed by atoms with E-state index in [2.05, 4.69) is 17.9 Å². The minimum absolute atomic E-state index is 0.111. The Labute approximate surface area is 182 Å². The summed E-state index contributed by atoms with van der Waals surface area (Å²) >= 11 is 0. The molecule has 7 rings (SSSR count). The molecule has 4 saturated heterocycles. The maximum atomic E-state index is 12.6. The Balaban J connectivity index is 1.60. The number of benzene rings is 1. The van der Waals surface area contributed by atoms with E-state index in [1.54, 1.807) is 0 Å². The number of anilines is 1. The van der Waals surface area contributed by atoms with Gasteiger partial charge in [-0.2, -0.15) is 0 Å². The Hall–Kier alpha value is -2.12. The smallest absolute Gasteiger partial charge is 0.304 e. The third-order valence-corrected chi connectivity index (χ3v) is 9.18. The van der Waals surface area contributed by atoms with E-state index in [4.69, 9.17) is 9.47 Å². The molecule has 6 aliphatic rings. The minimum Gasteiger partial charge on any atom is -0.461 e. The van der Waals surface area contributed by atoms with E-state index in [-0.39, 0.29) is 48.0 Å². The molecule has 5 aliphatic heterocycles. The van der Waals surface area contributed by atoms with Crippen molar-refractivity contribution in [3.05, 3.63) is 29.8 Å². The van der Waals surface area contributed by atoms with Gasteiger partial charge in [-0.15, -0.1) is 0 Å². The first-order chi connectivity index (χ1) is 14.8. The van der Waals surface area contributed by atoms with Crippen molar-refractivity contribution >= 4 is 17.6 Å². The van der Waals surface area contributed by atoms with Gasteiger partial charge in [0.1, 0.15) is 6.10 Å². The summed E-state index contributed by atoms with van der Waals surface area (Å²) in [5.41, 5.74) is 0.138. The largest absolute Gasteiger partial charge is 0.461 e. The van der Waals surface area contributed by atoms with Crippen LogP contribution in [0.3, 0.4) is 0 Å². The van der Waals surface area contributed by atoms with Gasteiger partial charge < -0.3 is 19.5 Å². The van der Waals surface area contributed by atoms with E-state index in [0.29, 0.717) is 6.42 Å². The second-order valence-corrected chi connectivity index (χ2v) is 10.1. The standard InChI is InChI=1S/C24H30N2O5/c1-5-14-15-10-19-24(29)23(16-8-6-7-9-17(16)25(24)4)11-18(20(15)21(23)30-12(2)27)26(19)22(14)31-13(3)28/h6-9,14-15,18-22,29H,5,10-11H2,1-4H3/t14-,15-,18-,19-,20-,21+,22+,23?,24-/m1/s1. The number of piperidine rings is 4. The first-order valence-corrected chi connectivity index (χ1v) is 11.4. The number of aliphatic hydroxyl groups is 1. The lowest BCUT2D eigenvalue weighted by Crippen LogP contribution is -2.78. The Morgan fingerprint density at radius 2 is 1.90 bits per heavy atom. The highest BCUT2D eigenvalue weighted by Gasteiger charge is 2.83. The molecule has 0 aromatic heterocycles. The van der Waals surface area contributed by atoms with E-state index in [1.165, 1.54) is 13.8 Å². The van der Waals surface area contributed by atoms with Crippen LogP contribution in [0.15, 0.2) is 24.3 Å². The van der Waals surface area contributed by atoms with Crippen LogP contribution in [0.2, 0.25) is 0 Å². The monoisotopic (exact) mass is 426 g/mol. The number of carbonyl (C=O) groups excluding carboxylic acids is 2. The van der Waals surface area contributed by atoms with Crippen LogP contribution in [-0.4, -0.2) is 59.1 Å². The molecule has 7 nitrogen and oxygen atoms in total. The number of ether oxygens (including phenoxy) is 2.